The zero-order valence-electron chi connectivity index (χ0n) is 18.0. The number of nitro benzene ring substituents is 1. The second-order valence-electron chi connectivity index (χ2n) is 7.44. The average Bonchev–Trinajstić information content (AvgIpc) is 2.82. The Morgan fingerprint density at radius 3 is 2.44 bits per heavy atom. The molecule has 1 saturated heterocycles. The summed E-state index contributed by atoms with van der Waals surface area (Å²) >= 11 is 11.9. The summed E-state index contributed by atoms with van der Waals surface area (Å²) in [6.07, 6.45) is 1.35. The molecule has 0 aromatic heterocycles. The van der Waals surface area contributed by atoms with Crippen LogP contribution in [0.1, 0.15) is 11.1 Å². The Morgan fingerprint density at radius 1 is 1.08 bits per heavy atom. The minimum Gasteiger partial charge on any atom is -0.487 e. The number of anilines is 1. The highest BCUT2D eigenvalue weighted by molar-refractivity contribution is 9.11. The molecule has 0 aliphatic carbocycles. The fraction of sp³-hybridized carbons (Fsp3) is 0.0417. The van der Waals surface area contributed by atoms with Crippen molar-refractivity contribution in [2.45, 2.75) is 6.61 Å². The van der Waals surface area contributed by atoms with Crippen molar-refractivity contribution < 1.29 is 23.6 Å². The van der Waals surface area contributed by atoms with E-state index in [1.54, 1.807) is 30.3 Å². The van der Waals surface area contributed by atoms with Crippen LogP contribution in [0.15, 0.2) is 75.2 Å². The number of benzene rings is 3. The molecule has 1 aliphatic rings. The minimum atomic E-state index is -0.771. The fourth-order valence-corrected chi connectivity index (χ4v) is 5.12. The Kier molecular flexibility index (Phi) is 7.57. The largest absolute Gasteiger partial charge is 0.487 e. The molecule has 0 atom stereocenters. The first-order valence-electron chi connectivity index (χ1n) is 10.2. The van der Waals surface area contributed by atoms with Gasteiger partial charge in [0.2, 0.25) is 0 Å². The first-order chi connectivity index (χ1) is 17.2. The van der Waals surface area contributed by atoms with Gasteiger partial charge in [-0.05, 0) is 85.5 Å². The van der Waals surface area contributed by atoms with Crippen molar-refractivity contribution in [3.63, 3.8) is 0 Å². The maximum atomic E-state index is 14.3. The number of nitrogens with one attached hydrogen (secondary N) is 1. The van der Waals surface area contributed by atoms with Gasteiger partial charge in [-0.2, -0.15) is 0 Å². The quantitative estimate of drug-likeness (QED) is 0.123. The second-order valence-corrected chi connectivity index (χ2v) is 9.53. The number of rotatable bonds is 6. The molecular weight excluding hydrogens is 621 g/mol. The standard InChI is InChI=1S/C24H14Br2FN3O5S/c25-17-10-14(11-18(26)21(17)35-12-13-4-3-5-15(8-13)30(33)34)9-16-22(31)28-24(36)29(23(16)32)20-7-2-1-6-19(20)27/h1-11H,12H2,(H,28,31,36)/b16-9+. The third kappa shape index (κ3) is 5.35. The molecule has 1 heterocycles. The van der Waals surface area contributed by atoms with Crippen molar-refractivity contribution in [2.75, 3.05) is 4.90 Å². The van der Waals surface area contributed by atoms with Gasteiger partial charge in [0.1, 0.15) is 23.7 Å². The van der Waals surface area contributed by atoms with Gasteiger partial charge in [-0.15, -0.1) is 0 Å². The molecule has 36 heavy (non-hydrogen) atoms. The van der Waals surface area contributed by atoms with Crippen LogP contribution in [0.5, 0.6) is 5.75 Å². The molecule has 3 aromatic rings. The van der Waals surface area contributed by atoms with E-state index in [9.17, 15) is 24.1 Å². The van der Waals surface area contributed by atoms with E-state index >= 15 is 0 Å². The van der Waals surface area contributed by atoms with Crippen LogP contribution in [0.2, 0.25) is 0 Å². The van der Waals surface area contributed by atoms with Crippen molar-refractivity contribution >= 4 is 78.5 Å². The molecule has 0 bridgehead atoms. The maximum Gasteiger partial charge on any atom is 0.270 e. The van der Waals surface area contributed by atoms with Gasteiger partial charge in [-0.3, -0.25) is 25.0 Å². The number of amides is 2. The molecule has 3 aromatic carbocycles. The normalized spacial score (nSPS) is 14.7. The van der Waals surface area contributed by atoms with Gasteiger partial charge in [0.05, 0.1) is 19.6 Å². The summed E-state index contributed by atoms with van der Waals surface area (Å²) in [6.45, 7) is 0.0647. The number of nitro groups is 1. The van der Waals surface area contributed by atoms with Crippen molar-refractivity contribution in [1.82, 2.24) is 5.32 Å². The van der Waals surface area contributed by atoms with Crippen molar-refractivity contribution in [3.05, 3.63) is 102 Å². The number of ether oxygens (including phenoxy) is 1. The number of hydrogen-bond donors (Lipinski definition) is 1. The van der Waals surface area contributed by atoms with Crippen LogP contribution < -0.4 is 15.0 Å². The van der Waals surface area contributed by atoms with Crippen LogP contribution in [0.25, 0.3) is 6.08 Å². The van der Waals surface area contributed by atoms with Crippen LogP contribution in [0, 0.1) is 15.9 Å². The van der Waals surface area contributed by atoms with E-state index < -0.39 is 22.6 Å². The lowest BCUT2D eigenvalue weighted by Gasteiger charge is -2.29. The summed E-state index contributed by atoms with van der Waals surface area (Å²) in [5.41, 5.74) is 0.705. The zero-order chi connectivity index (χ0) is 26.0. The fourth-order valence-electron chi connectivity index (χ4n) is 3.39. The van der Waals surface area contributed by atoms with Gasteiger partial charge in [-0.25, -0.2) is 9.29 Å². The van der Waals surface area contributed by atoms with Crippen molar-refractivity contribution in [1.29, 1.82) is 0 Å². The third-order valence-electron chi connectivity index (χ3n) is 5.03. The Bertz CT molecular complexity index is 1440. The summed E-state index contributed by atoms with van der Waals surface area (Å²) in [5, 5.41) is 13.2. The number of nitrogens with zero attached hydrogens (tertiary/aromatic N) is 2. The third-order valence-corrected chi connectivity index (χ3v) is 6.49. The van der Waals surface area contributed by atoms with Crippen molar-refractivity contribution in [2.24, 2.45) is 0 Å². The molecule has 2 amide bonds. The summed E-state index contributed by atoms with van der Waals surface area (Å²) in [6, 6.07) is 14.9. The summed E-state index contributed by atoms with van der Waals surface area (Å²) in [7, 11) is 0. The number of carbonyl (C=O) groups excluding carboxylic acids is 2. The molecule has 0 radical (unpaired) electrons. The van der Waals surface area contributed by atoms with E-state index in [0.717, 1.165) is 4.90 Å². The first kappa shape index (κ1) is 25.6. The Labute approximate surface area is 226 Å². The van der Waals surface area contributed by atoms with E-state index in [-0.39, 0.29) is 28.7 Å². The number of para-hydroxylation sites is 1. The van der Waals surface area contributed by atoms with Crippen LogP contribution in [-0.4, -0.2) is 21.9 Å². The molecule has 0 spiro atoms. The molecule has 12 heteroatoms. The zero-order valence-corrected chi connectivity index (χ0v) is 22.0. The molecule has 0 saturated carbocycles. The predicted molar refractivity (Wildman–Crippen MR) is 142 cm³/mol. The number of halogens is 3. The molecule has 1 aliphatic heterocycles. The maximum absolute atomic E-state index is 14.3. The number of non-ortho nitro benzene ring substituents is 1. The van der Waals surface area contributed by atoms with E-state index in [2.05, 4.69) is 37.2 Å². The van der Waals surface area contributed by atoms with Gasteiger partial charge < -0.3 is 4.74 Å². The number of carbonyl (C=O) groups is 2. The lowest BCUT2D eigenvalue weighted by atomic mass is 10.1. The van der Waals surface area contributed by atoms with Crippen molar-refractivity contribution in [3.8, 4) is 5.75 Å². The summed E-state index contributed by atoms with van der Waals surface area (Å²) in [5.74, 6) is -1.74. The highest BCUT2D eigenvalue weighted by Gasteiger charge is 2.35. The second kappa shape index (κ2) is 10.6. The topological polar surface area (TPSA) is 102 Å². The average molecular weight is 635 g/mol. The minimum absolute atomic E-state index is 0.0458. The molecule has 182 valence electrons. The Morgan fingerprint density at radius 2 is 1.78 bits per heavy atom. The number of hydrogen-bond acceptors (Lipinski definition) is 6. The summed E-state index contributed by atoms with van der Waals surface area (Å²) in [4.78, 5) is 37.1. The SMILES string of the molecule is O=C1NC(=S)N(c2ccccc2F)C(=O)/C1=C/c1cc(Br)c(OCc2cccc([N+](=O)[O-])c2)c(Br)c1. The molecular formula is C24H14Br2FN3O5S. The van der Waals surface area contributed by atoms with Gasteiger partial charge >= 0.3 is 0 Å². The first-order valence-corrected chi connectivity index (χ1v) is 12.2. The van der Waals surface area contributed by atoms with E-state index in [4.69, 9.17) is 17.0 Å². The molecule has 1 N–H and O–H groups in total. The molecule has 4 rings (SSSR count). The van der Waals surface area contributed by atoms with Gasteiger partial charge in [0.25, 0.3) is 17.5 Å². The molecule has 0 unspecified atom stereocenters. The van der Waals surface area contributed by atoms with E-state index in [1.807, 2.05) is 0 Å². The lowest BCUT2D eigenvalue weighted by molar-refractivity contribution is -0.384. The van der Waals surface area contributed by atoms with Gasteiger partial charge in [0, 0.05) is 12.1 Å². The van der Waals surface area contributed by atoms with Crippen LogP contribution in [-0.2, 0) is 16.2 Å². The van der Waals surface area contributed by atoms with Crippen LogP contribution in [0.3, 0.4) is 0 Å². The Hall–Kier alpha value is -3.48. The van der Waals surface area contributed by atoms with E-state index in [1.165, 1.54) is 36.4 Å². The lowest BCUT2D eigenvalue weighted by Crippen LogP contribution is -2.54. The van der Waals surface area contributed by atoms with Gasteiger partial charge in [-0.1, -0.05) is 24.3 Å². The van der Waals surface area contributed by atoms with Gasteiger partial charge in [0.15, 0.2) is 5.11 Å². The molecule has 8 nitrogen and oxygen atoms in total. The monoisotopic (exact) mass is 633 g/mol. The highest BCUT2D eigenvalue weighted by atomic mass is 79.9. The highest BCUT2D eigenvalue weighted by Crippen LogP contribution is 2.36. The Balaban J connectivity index is 1.60. The smallest absolute Gasteiger partial charge is 0.270 e. The number of thiocarbonyl (C=S) groups is 1. The summed E-state index contributed by atoms with van der Waals surface area (Å²) < 4.78 is 21.2. The molecule has 1 fully saturated rings. The van der Waals surface area contributed by atoms with Crippen LogP contribution in [0.4, 0.5) is 15.8 Å². The van der Waals surface area contributed by atoms with Crippen LogP contribution >= 0.6 is 44.1 Å². The van der Waals surface area contributed by atoms with E-state index in [0.29, 0.717) is 25.8 Å². The predicted octanol–water partition coefficient (Wildman–Crippen LogP) is 5.67.